The summed E-state index contributed by atoms with van der Waals surface area (Å²) in [4.78, 5) is 31.7. The van der Waals surface area contributed by atoms with Gasteiger partial charge in [-0.15, -0.1) is 0 Å². The Hall–Kier alpha value is -6.63. The Morgan fingerprint density at radius 1 is 0.897 bits per heavy atom. The van der Waals surface area contributed by atoms with Crippen molar-refractivity contribution in [2.75, 3.05) is 18.5 Å². The smallest absolute Gasteiger partial charge is 0.326 e. The van der Waals surface area contributed by atoms with Crippen LogP contribution < -0.4 is 24.8 Å². The van der Waals surface area contributed by atoms with Gasteiger partial charge in [0.15, 0.2) is 17.6 Å². The van der Waals surface area contributed by atoms with Crippen LogP contribution in [0.5, 0.6) is 17.2 Å². The first-order valence-corrected chi connectivity index (χ1v) is 24.5. The summed E-state index contributed by atoms with van der Waals surface area (Å²) >= 11 is 12.2. The van der Waals surface area contributed by atoms with Gasteiger partial charge < -0.3 is 30.0 Å². The number of nitrogens with one attached hydrogen (secondary N) is 2. The van der Waals surface area contributed by atoms with E-state index in [2.05, 4.69) is 21.7 Å². The number of halogens is 2. The van der Waals surface area contributed by atoms with Gasteiger partial charge in [0.1, 0.15) is 41.8 Å². The molecule has 3 aliphatic rings. The van der Waals surface area contributed by atoms with Crippen LogP contribution in [-0.2, 0) is 45.6 Å². The summed E-state index contributed by atoms with van der Waals surface area (Å²) in [6, 6.07) is 33.2. The molecule has 0 saturated heterocycles. The lowest BCUT2D eigenvalue weighted by atomic mass is 9.85. The van der Waals surface area contributed by atoms with Gasteiger partial charge >= 0.3 is 5.97 Å². The summed E-state index contributed by atoms with van der Waals surface area (Å²) in [5, 5.41) is 26.5. The number of carboxylic acid groups (broad SMARTS) is 1. The van der Waals surface area contributed by atoms with Gasteiger partial charge in [-0.05, 0) is 132 Å². The van der Waals surface area contributed by atoms with Crippen LogP contribution in [0, 0.1) is 24.2 Å². The molecule has 16 heteroatoms. The van der Waals surface area contributed by atoms with Gasteiger partial charge in [0, 0.05) is 19.5 Å². The molecule has 1 fully saturated rings. The number of pyridine rings is 1. The standard InChI is InChI=1S/C52H47Cl2N5O8S/c1-31-49(19-20-50(57-31)56-27-34-3-2-4-34)68(63,64)59-28-40-25-47-46(66-30-48(67-47)38-14-16-41(17-15-38)65-29-35-9-18-42(53)43(54)21-35)24-39(40)23-45(59)51(60)58-44(52(61)62)22-32-5-10-36(11-6-32)37-12-7-33(26-55)8-13-37/h5-21,24-25,34,44-45,48H,2-4,22-23,27-30H2,1H3,(H,56,57)(H,58,60)(H,61,62)/t44-,45-,48+/m0/s1. The van der Waals surface area contributed by atoms with Gasteiger partial charge in [0.25, 0.3) is 0 Å². The number of aromatic nitrogens is 1. The summed E-state index contributed by atoms with van der Waals surface area (Å²) in [5.41, 5.74) is 6.16. The molecule has 1 aromatic heterocycles. The maximum atomic E-state index is 14.8. The highest BCUT2D eigenvalue weighted by atomic mass is 35.5. The lowest BCUT2D eigenvalue weighted by Crippen LogP contribution is -2.55. The largest absolute Gasteiger partial charge is 0.489 e. The molecule has 1 amide bonds. The van der Waals surface area contributed by atoms with E-state index < -0.39 is 40.1 Å². The van der Waals surface area contributed by atoms with Crippen molar-refractivity contribution in [1.29, 1.82) is 5.26 Å². The average Bonchev–Trinajstić information content (AvgIpc) is 3.32. The molecule has 0 spiro atoms. The zero-order chi connectivity index (χ0) is 47.5. The fourth-order valence-electron chi connectivity index (χ4n) is 8.61. The number of anilines is 1. The van der Waals surface area contributed by atoms with Crippen LogP contribution in [0.4, 0.5) is 5.82 Å². The van der Waals surface area contributed by atoms with Gasteiger partial charge in [-0.1, -0.05) is 84.2 Å². The molecule has 3 atom stereocenters. The fourth-order valence-corrected chi connectivity index (χ4v) is 10.7. The minimum Gasteiger partial charge on any atom is -0.489 e. The van der Waals surface area contributed by atoms with E-state index in [4.69, 9.17) is 42.7 Å². The second-order valence-electron chi connectivity index (χ2n) is 17.3. The number of carbonyl (C=O) groups is 2. The van der Waals surface area contributed by atoms with Gasteiger partial charge in [-0.3, -0.25) is 4.79 Å². The van der Waals surface area contributed by atoms with Crippen LogP contribution in [0.15, 0.2) is 120 Å². The third-order valence-corrected chi connectivity index (χ3v) is 15.5. The van der Waals surface area contributed by atoms with Gasteiger partial charge in [-0.25, -0.2) is 18.2 Å². The summed E-state index contributed by atoms with van der Waals surface area (Å²) in [6.45, 7) is 2.64. The highest BCUT2D eigenvalue weighted by Gasteiger charge is 2.42. The second kappa shape index (κ2) is 19.9. The fraction of sp³-hybridized carbons (Fsp3) is 0.269. The van der Waals surface area contributed by atoms with Crippen LogP contribution in [0.2, 0.25) is 10.0 Å². The Kier molecular flexibility index (Phi) is 13.6. The number of rotatable bonds is 15. The number of nitriles is 1. The quantitative estimate of drug-likeness (QED) is 0.0892. The first-order chi connectivity index (χ1) is 32.8. The molecule has 3 heterocycles. The van der Waals surface area contributed by atoms with Crippen molar-refractivity contribution in [3.63, 3.8) is 0 Å². The van der Waals surface area contributed by atoms with E-state index in [1.54, 1.807) is 61.5 Å². The number of aryl methyl sites for hydroxylation is 1. The molecular formula is C52H47Cl2N5O8S. The van der Waals surface area contributed by atoms with Gasteiger partial charge in [0.05, 0.1) is 27.4 Å². The molecule has 0 unspecified atom stereocenters. The molecule has 3 N–H and O–H groups in total. The average molecular weight is 973 g/mol. The summed E-state index contributed by atoms with van der Waals surface area (Å²) in [5.74, 6) is 0.573. The Labute approximate surface area is 404 Å². The lowest BCUT2D eigenvalue weighted by molar-refractivity contribution is -0.142. The van der Waals surface area contributed by atoms with E-state index in [-0.39, 0.29) is 36.6 Å². The molecule has 1 saturated carbocycles. The van der Waals surface area contributed by atoms with Gasteiger partial charge in [-0.2, -0.15) is 9.57 Å². The first-order valence-electron chi connectivity index (χ1n) is 22.3. The SMILES string of the molecule is Cc1nc(NCC2CCC2)ccc1S(=O)(=O)N1Cc2cc3c(cc2C[C@H]1C(=O)N[C@@H](Cc1ccc(-c2ccc(C#N)cc2)cc1)C(=O)O)OC[C@H](c1ccc(OCc2ccc(Cl)c(Cl)c2)cc1)O3. The highest BCUT2D eigenvalue weighted by molar-refractivity contribution is 7.89. The number of ether oxygens (including phenoxy) is 3. The molecule has 13 nitrogen and oxygen atoms in total. The maximum absolute atomic E-state index is 14.8. The van der Waals surface area contributed by atoms with E-state index in [1.165, 1.54) is 12.5 Å². The highest BCUT2D eigenvalue weighted by Crippen LogP contribution is 2.42. The van der Waals surface area contributed by atoms with Crippen molar-refractivity contribution in [1.82, 2.24) is 14.6 Å². The monoisotopic (exact) mass is 971 g/mol. The zero-order valence-corrected chi connectivity index (χ0v) is 39.3. The van der Waals surface area contributed by atoms with Crippen molar-refractivity contribution >= 4 is 50.9 Å². The Balaban J connectivity index is 0.949. The summed E-state index contributed by atoms with van der Waals surface area (Å²) < 4.78 is 49.5. The number of hydrogen-bond donors (Lipinski definition) is 3. The minimum atomic E-state index is -4.41. The number of benzene rings is 5. The summed E-state index contributed by atoms with van der Waals surface area (Å²) in [7, 11) is -4.41. The Morgan fingerprint density at radius 2 is 1.60 bits per heavy atom. The topological polar surface area (TPSA) is 180 Å². The second-order valence-corrected chi connectivity index (χ2v) is 20.0. The van der Waals surface area contributed by atoms with E-state index in [0.717, 1.165) is 45.9 Å². The van der Waals surface area contributed by atoms with Crippen molar-refractivity contribution in [2.45, 2.75) is 75.3 Å². The van der Waals surface area contributed by atoms with Gasteiger partial charge in [0.2, 0.25) is 15.9 Å². The number of carboxylic acids is 1. The Morgan fingerprint density at radius 3 is 2.26 bits per heavy atom. The van der Waals surface area contributed by atoms with Crippen LogP contribution in [0.25, 0.3) is 11.1 Å². The molecule has 1 aliphatic carbocycles. The minimum absolute atomic E-state index is 0.0581. The number of hydrogen-bond acceptors (Lipinski definition) is 10. The van der Waals surface area contributed by atoms with Crippen molar-refractivity contribution < 1.29 is 37.3 Å². The van der Waals surface area contributed by atoms with Crippen molar-refractivity contribution in [3.05, 3.63) is 164 Å². The van der Waals surface area contributed by atoms with E-state index >= 15 is 0 Å². The first kappa shape index (κ1) is 46.5. The summed E-state index contributed by atoms with van der Waals surface area (Å²) in [6.07, 6.45) is 2.86. The molecule has 348 valence electrons. The number of aliphatic carboxylic acids is 1. The van der Waals surface area contributed by atoms with Crippen LogP contribution in [-0.4, -0.2) is 59.9 Å². The van der Waals surface area contributed by atoms with Crippen LogP contribution in [0.1, 0.15) is 64.4 Å². The maximum Gasteiger partial charge on any atom is 0.326 e. The number of amides is 1. The Bertz CT molecular complexity index is 3020. The number of fused-ring (bicyclic) bond motifs is 2. The van der Waals surface area contributed by atoms with Crippen LogP contribution in [0.3, 0.4) is 0 Å². The number of sulfonamides is 1. The molecule has 6 aromatic rings. The molecule has 9 rings (SSSR count). The molecule has 0 radical (unpaired) electrons. The molecule has 0 bridgehead atoms. The van der Waals surface area contributed by atoms with E-state index in [0.29, 0.717) is 67.9 Å². The van der Waals surface area contributed by atoms with Crippen LogP contribution >= 0.6 is 23.2 Å². The normalized spacial score (nSPS) is 17.2. The van der Waals surface area contributed by atoms with E-state index in [1.807, 2.05) is 54.6 Å². The third kappa shape index (κ3) is 10.3. The zero-order valence-electron chi connectivity index (χ0n) is 37.0. The van der Waals surface area contributed by atoms with Crippen molar-refractivity contribution in [3.8, 4) is 34.4 Å². The predicted octanol–water partition coefficient (Wildman–Crippen LogP) is 9.47. The number of carbonyl (C=O) groups excluding carboxylic acids is 1. The molecule has 2 aliphatic heterocycles. The predicted molar refractivity (Wildman–Crippen MR) is 257 cm³/mol. The number of nitrogens with zero attached hydrogens (tertiary/aromatic N) is 3. The molecule has 68 heavy (non-hydrogen) atoms. The lowest BCUT2D eigenvalue weighted by Gasteiger charge is -2.37. The third-order valence-electron chi connectivity index (χ3n) is 12.7. The van der Waals surface area contributed by atoms with E-state index in [9.17, 15) is 23.1 Å². The molecule has 5 aromatic carbocycles. The van der Waals surface area contributed by atoms with Crippen molar-refractivity contribution in [2.24, 2.45) is 5.92 Å². The molecular weight excluding hydrogens is 926 g/mol.